The van der Waals surface area contributed by atoms with E-state index in [4.69, 9.17) is 9.15 Å². The Morgan fingerprint density at radius 3 is 2.57 bits per heavy atom. The number of carbonyl (C=O) groups excluding carboxylic acids is 2. The van der Waals surface area contributed by atoms with Gasteiger partial charge in [0.25, 0.3) is 5.91 Å². The molecule has 6 heteroatoms. The van der Waals surface area contributed by atoms with Crippen LogP contribution in [0.25, 0.3) is 0 Å². The Kier molecular flexibility index (Phi) is 5.48. The molecule has 6 nitrogen and oxygen atoms in total. The van der Waals surface area contributed by atoms with E-state index < -0.39 is 0 Å². The third kappa shape index (κ3) is 3.83. The topological polar surface area (TPSA) is 71.8 Å². The first-order valence-electron chi connectivity index (χ1n) is 9.87. The van der Waals surface area contributed by atoms with Crippen molar-refractivity contribution in [2.75, 3.05) is 20.2 Å². The maximum Gasteiger partial charge on any atom is 0.290 e. The van der Waals surface area contributed by atoms with Crippen molar-refractivity contribution in [3.63, 3.8) is 0 Å². The van der Waals surface area contributed by atoms with Crippen molar-refractivity contribution in [1.29, 1.82) is 0 Å². The van der Waals surface area contributed by atoms with Gasteiger partial charge in [0.15, 0.2) is 5.76 Å². The second-order valence-corrected chi connectivity index (χ2v) is 7.70. The summed E-state index contributed by atoms with van der Waals surface area (Å²) in [4.78, 5) is 26.7. The molecule has 1 aromatic heterocycles. The summed E-state index contributed by atoms with van der Waals surface area (Å²) in [5, 5.41) is 2.62. The van der Waals surface area contributed by atoms with Crippen LogP contribution in [0.5, 0.6) is 0 Å². The molecule has 1 saturated carbocycles. The first-order valence-corrected chi connectivity index (χ1v) is 9.87. The maximum atomic E-state index is 13.0. The van der Waals surface area contributed by atoms with E-state index in [1.54, 1.807) is 24.1 Å². The monoisotopic (exact) mass is 382 g/mol. The lowest BCUT2D eigenvalue weighted by Crippen LogP contribution is -2.45. The molecule has 0 radical (unpaired) electrons. The summed E-state index contributed by atoms with van der Waals surface area (Å²) in [5.41, 5.74) is 1.21. The number of hydrogen-bond acceptors (Lipinski definition) is 4. The Morgan fingerprint density at radius 1 is 1.07 bits per heavy atom. The Hall–Kier alpha value is -2.60. The van der Waals surface area contributed by atoms with E-state index in [0.29, 0.717) is 18.4 Å². The summed E-state index contributed by atoms with van der Waals surface area (Å²) >= 11 is 0. The standard InChI is InChI=1S/C22H26N2O4/c1-23-21(25)13-24(22(26)19-8-5-9-27-19)18-10-16-12-20(28-14-17(16)11-18)15-6-3-2-4-7-15/h2-9,16-18,20H,10-14H2,1H3,(H,23,25)/t16-,17+,18-,20-/m0/s1. The normalized spacial score (nSPS) is 26.5. The summed E-state index contributed by atoms with van der Waals surface area (Å²) in [6.07, 6.45) is 4.29. The van der Waals surface area contributed by atoms with E-state index >= 15 is 0 Å². The predicted molar refractivity (Wildman–Crippen MR) is 104 cm³/mol. The van der Waals surface area contributed by atoms with Crippen LogP contribution in [0.1, 0.15) is 41.5 Å². The van der Waals surface area contributed by atoms with Crippen molar-refractivity contribution in [3.05, 3.63) is 60.1 Å². The quantitative estimate of drug-likeness (QED) is 0.863. The number of hydrogen-bond donors (Lipinski definition) is 1. The lowest BCUT2D eigenvalue weighted by Gasteiger charge is -2.32. The molecular weight excluding hydrogens is 356 g/mol. The summed E-state index contributed by atoms with van der Waals surface area (Å²) in [6.45, 7) is 0.743. The van der Waals surface area contributed by atoms with Gasteiger partial charge in [-0.2, -0.15) is 0 Å². The molecule has 0 spiro atoms. The van der Waals surface area contributed by atoms with Crippen molar-refractivity contribution in [2.45, 2.75) is 31.4 Å². The molecule has 0 bridgehead atoms. The Morgan fingerprint density at radius 2 is 1.86 bits per heavy atom. The molecule has 28 heavy (non-hydrogen) atoms. The minimum atomic E-state index is -0.224. The molecule has 1 N–H and O–H groups in total. The fourth-order valence-corrected chi connectivity index (χ4v) is 4.55. The molecule has 4 rings (SSSR count). The van der Waals surface area contributed by atoms with E-state index in [9.17, 15) is 9.59 Å². The van der Waals surface area contributed by atoms with Crippen molar-refractivity contribution in [3.8, 4) is 0 Å². The van der Waals surface area contributed by atoms with E-state index in [-0.39, 0.29) is 36.3 Å². The SMILES string of the molecule is CNC(=O)CN(C(=O)c1ccco1)[C@@H]1C[C@@H]2CO[C@H](c3ccccc3)C[C@@H]2C1. The fraction of sp³-hybridized carbons (Fsp3) is 0.455. The van der Waals surface area contributed by atoms with Crippen molar-refractivity contribution < 1.29 is 18.7 Å². The number of rotatable bonds is 5. The van der Waals surface area contributed by atoms with Gasteiger partial charge in [0.1, 0.15) is 6.54 Å². The second-order valence-electron chi connectivity index (χ2n) is 7.70. The lowest BCUT2D eigenvalue weighted by atomic mass is 9.86. The number of fused-ring (bicyclic) bond motifs is 1. The van der Waals surface area contributed by atoms with Gasteiger partial charge in [-0.1, -0.05) is 30.3 Å². The highest BCUT2D eigenvalue weighted by atomic mass is 16.5. The van der Waals surface area contributed by atoms with Gasteiger partial charge in [0.05, 0.1) is 19.0 Å². The molecule has 1 aliphatic heterocycles. The molecule has 2 heterocycles. The molecule has 2 fully saturated rings. The number of nitrogens with one attached hydrogen (secondary N) is 1. The number of nitrogens with zero attached hydrogens (tertiary/aromatic N) is 1. The van der Waals surface area contributed by atoms with Gasteiger partial charge in [0, 0.05) is 13.1 Å². The molecule has 1 saturated heterocycles. The zero-order valence-corrected chi connectivity index (χ0v) is 16.0. The highest BCUT2D eigenvalue weighted by molar-refractivity contribution is 5.94. The lowest BCUT2D eigenvalue weighted by molar-refractivity contribution is -0.121. The number of amides is 2. The van der Waals surface area contributed by atoms with E-state index in [2.05, 4.69) is 17.4 Å². The maximum absolute atomic E-state index is 13.0. The van der Waals surface area contributed by atoms with Gasteiger partial charge in [-0.25, -0.2) is 0 Å². The van der Waals surface area contributed by atoms with Crippen LogP contribution in [0.4, 0.5) is 0 Å². The van der Waals surface area contributed by atoms with Crippen molar-refractivity contribution >= 4 is 11.8 Å². The summed E-state index contributed by atoms with van der Waals surface area (Å²) in [5.74, 6) is 0.783. The molecule has 1 aromatic carbocycles. The fourth-order valence-electron chi connectivity index (χ4n) is 4.55. The van der Waals surface area contributed by atoms with Crippen LogP contribution in [0.2, 0.25) is 0 Å². The van der Waals surface area contributed by atoms with Crippen molar-refractivity contribution in [1.82, 2.24) is 10.2 Å². The number of benzene rings is 1. The predicted octanol–water partition coefficient (Wildman–Crippen LogP) is 3.02. The number of carbonyl (C=O) groups is 2. The molecule has 2 aliphatic rings. The Balaban J connectivity index is 1.48. The molecule has 1 aliphatic carbocycles. The largest absolute Gasteiger partial charge is 0.459 e. The van der Waals surface area contributed by atoms with Gasteiger partial charge in [-0.15, -0.1) is 0 Å². The van der Waals surface area contributed by atoms with E-state index in [1.807, 2.05) is 18.2 Å². The van der Waals surface area contributed by atoms with Crippen LogP contribution in [0.15, 0.2) is 53.1 Å². The van der Waals surface area contributed by atoms with Gasteiger partial charge in [0.2, 0.25) is 5.91 Å². The first kappa shape index (κ1) is 18.7. The second kappa shape index (κ2) is 8.19. The first-order chi connectivity index (χ1) is 13.7. The number of ether oxygens (including phenoxy) is 1. The molecule has 0 unspecified atom stereocenters. The average Bonchev–Trinajstić information content (AvgIpc) is 3.41. The Labute approximate surface area is 164 Å². The Bertz CT molecular complexity index is 805. The van der Waals surface area contributed by atoms with Crippen LogP contribution in [0.3, 0.4) is 0 Å². The third-order valence-corrected chi connectivity index (χ3v) is 6.04. The van der Waals surface area contributed by atoms with Crippen LogP contribution in [0, 0.1) is 11.8 Å². The van der Waals surface area contributed by atoms with E-state index in [0.717, 1.165) is 19.3 Å². The third-order valence-electron chi connectivity index (χ3n) is 6.04. The van der Waals surface area contributed by atoms with Crippen LogP contribution in [-0.4, -0.2) is 43.0 Å². The highest BCUT2D eigenvalue weighted by Gasteiger charge is 2.43. The number of furan rings is 1. The van der Waals surface area contributed by atoms with Crippen LogP contribution in [-0.2, 0) is 9.53 Å². The van der Waals surface area contributed by atoms with Gasteiger partial charge in [-0.3, -0.25) is 9.59 Å². The smallest absolute Gasteiger partial charge is 0.290 e. The minimum Gasteiger partial charge on any atom is -0.459 e. The van der Waals surface area contributed by atoms with Gasteiger partial charge in [-0.05, 0) is 48.8 Å². The van der Waals surface area contributed by atoms with Crippen LogP contribution < -0.4 is 5.32 Å². The van der Waals surface area contributed by atoms with Gasteiger partial charge < -0.3 is 19.4 Å². The molecule has 4 atom stereocenters. The summed E-state index contributed by atoms with van der Waals surface area (Å²) in [7, 11) is 1.59. The highest BCUT2D eigenvalue weighted by Crippen LogP contribution is 2.45. The molecule has 2 amide bonds. The number of likely N-dealkylation sites (N-methyl/N-ethyl adjacent to an activating group) is 1. The van der Waals surface area contributed by atoms with E-state index in [1.165, 1.54) is 11.8 Å². The molecular formula is C22H26N2O4. The van der Waals surface area contributed by atoms with Crippen LogP contribution >= 0.6 is 0 Å². The summed E-state index contributed by atoms with van der Waals surface area (Å²) < 4.78 is 11.4. The molecule has 2 aromatic rings. The van der Waals surface area contributed by atoms with Crippen molar-refractivity contribution in [2.24, 2.45) is 11.8 Å². The minimum absolute atomic E-state index is 0.0167. The average molecular weight is 382 g/mol. The van der Waals surface area contributed by atoms with Gasteiger partial charge >= 0.3 is 0 Å². The zero-order valence-electron chi connectivity index (χ0n) is 16.0. The molecule has 148 valence electrons. The zero-order chi connectivity index (χ0) is 19.5. The summed E-state index contributed by atoms with van der Waals surface area (Å²) in [6, 6.07) is 13.7.